The van der Waals surface area contributed by atoms with Crippen molar-refractivity contribution in [1.29, 1.82) is 0 Å². The van der Waals surface area contributed by atoms with Gasteiger partial charge in [0.05, 0.1) is 78.8 Å². The molecular formula is C26H41N3O13S. The third-order valence-electron chi connectivity index (χ3n) is 5.39. The van der Waals surface area contributed by atoms with Gasteiger partial charge in [-0.25, -0.2) is 4.68 Å². The SMILES string of the molecule is CC(=O)OC1C(OC(C)=O)[C@H](OC(C)=O)C(S)O[C@H]1OC/C=C\COCc1cn(CCOCCOCCOCCO)nn1. The lowest BCUT2D eigenvalue weighted by molar-refractivity contribution is -0.285. The Hall–Kier alpha value is -2.64. The van der Waals surface area contributed by atoms with Crippen molar-refractivity contribution in [1.82, 2.24) is 15.0 Å². The van der Waals surface area contributed by atoms with E-state index in [1.54, 1.807) is 23.0 Å². The van der Waals surface area contributed by atoms with Crippen LogP contribution in [0.1, 0.15) is 26.5 Å². The molecule has 0 bridgehead atoms. The second-order valence-corrected chi connectivity index (χ2v) is 9.48. The fourth-order valence-electron chi connectivity index (χ4n) is 3.68. The molecule has 0 spiro atoms. The first-order chi connectivity index (χ1) is 20.7. The van der Waals surface area contributed by atoms with E-state index in [1.807, 2.05) is 0 Å². The molecule has 3 unspecified atom stereocenters. The predicted octanol–water partition coefficient (Wildman–Crippen LogP) is -0.183. The minimum atomic E-state index is -1.21. The molecule has 0 amide bonds. The second-order valence-electron chi connectivity index (χ2n) is 8.97. The molecule has 1 fully saturated rings. The normalized spacial score (nSPS) is 22.0. The lowest BCUT2D eigenvalue weighted by Crippen LogP contribution is -2.60. The van der Waals surface area contributed by atoms with Crippen LogP contribution >= 0.6 is 12.6 Å². The van der Waals surface area contributed by atoms with Crippen molar-refractivity contribution < 1.29 is 62.1 Å². The number of aromatic nitrogens is 3. The Morgan fingerprint density at radius 2 is 1.44 bits per heavy atom. The van der Waals surface area contributed by atoms with Crippen LogP contribution in [-0.2, 0) is 70.2 Å². The summed E-state index contributed by atoms with van der Waals surface area (Å²) in [6, 6.07) is 0. The quantitative estimate of drug-likeness (QED) is 0.0595. The number of hydrogen-bond donors (Lipinski definition) is 2. The van der Waals surface area contributed by atoms with Gasteiger partial charge in [0.25, 0.3) is 0 Å². The minimum absolute atomic E-state index is 0.00672. The van der Waals surface area contributed by atoms with E-state index in [2.05, 4.69) is 22.9 Å². The van der Waals surface area contributed by atoms with Crippen LogP contribution < -0.4 is 0 Å². The molecule has 16 nitrogen and oxygen atoms in total. The van der Waals surface area contributed by atoms with Crippen molar-refractivity contribution in [2.45, 2.75) is 64.0 Å². The summed E-state index contributed by atoms with van der Waals surface area (Å²) in [5.41, 5.74) is -0.366. The highest BCUT2D eigenvalue weighted by atomic mass is 32.1. The Morgan fingerprint density at radius 1 is 0.860 bits per heavy atom. The van der Waals surface area contributed by atoms with Crippen LogP contribution in [0.15, 0.2) is 18.3 Å². The molecule has 5 atom stereocenters. The van der Waals surface area contributed by atoms with Gasteiger partial charge in [-0.15, -0.1) is 17.7 Å². The Bertz CT molecular complexity index is 995. The summed E-state index contributed by atoms with van der Waals surface area (Å²) in [6.07, 6.45) is 0.461. The first-order valence-electron chi connectivity index (χ1n) is 13.6. The summed E-state index contributed by atoms with van der Waals surface area (Å²) in [7, 11) is 0. The molecule has 0 aliphatic carbocycles. The van der Waals surface area contributed by atoms with E-state index in [0.717, 1.165) is 0 Å². The summed E-state index contributed by atoms with van der Waals surface area (Å²) in [5, 5.41) is 16.7. The molecule has 1 aliphatic rings. The van der Waals surface area contributed by atoms with Crippen molar-refractivity contribution in [3.8, 4) is 0 Å². The molecule has 1 N–H and O–H groups in total. The first-order valence-corrected chi connectivity index (χ1v) is 14.2. The molecule has 244 valence electrons. The van der Waals surface area contributed by atoms with Gasteiger partial charge in [-0.3, -0.25) is 14.4 Å². The van der Waals surface area contributed by atoms with E-state index in [9.17, 15) is 14.4 Å². The smallest absolute Gasteiger partial charge is 0.303 e. The zero-order valence-electron chi connectivity index (χ0n) is 24.5. The standard InChI is InChI=1S/C26H41N3O13S/c1-18(31)39-22-23(40-19(2)32)25(42-26(43)24(22)41-20(3)33)38-9-5-4-8-37-17-21-16-29(28-27-21)6-10-34-12-14-36-15-13-35-11-7-30/h4-5,16,22-26,30,43H,6-15,17H2,1-3H3/b5-4-/t22?,23?,24-,25+,26?/m0/s1. The molecule has 2 heterocycles. The number of esters is 3. The Balaban J connectivity index is 1.69. The average Bonchev–Trinajstić information content (AvgIpc) is 3.40. The maximum atomic E-state index is 11.7. The maximum absolute atomic E-state index is 11.7. The summed E-state index contributed by atoms with van der Waals surface area (Å²) in [6.45, 7) is 7.07. The van der Waals surface area contributed by atoms with Crippen LogP contribution in [-0.4, -0.2) is 128 Å². The lowest BCUT2D eigenvalue weighted by atomic mass is 10.0. The van der Waals surface area contributed by atoms with Gasteiger partial charge in [-0.1, -0.05) is 17.4 Å². The van der Waals surface area contributed by atoms with E-state index < -0.39 is 47.9 Å². The highest BCUT2D eigenvalue weighted by molar-refractivity contribution is 7.80. The number of carbonyl (C=O) groups is 3. The van der Waals surface area contributed by atoms with Crippen LogP contribution in [0.4, 0.5) is 0 Å². The summed E-state index contributed by atoms with van der Waals surface area (Å²) in [5.74, 6) is -2.00. The number of thiol groups is 1. The number of hydrogen-bond acceptors (Lipinski definition) is 16. The van der Waals surface area contributed by atoms with Crippen molar-refractivity contribution >= 4 is 30.5 Å². The Labute approximate surface area is 255 Å². The Morgan fingerprint density at radius 3 is 2.09 bits per heavy atom. The van der Waals surface area contributed by atoms with Gasteiger partial charge in [0.1, 0.15) is 11.1 Å². The molecule has 0 saturated carbocycles. The third-order valence-corrected chi connectivity index (χ3v) is 5.81. The molecule has 1 saturated heterocycles. The summed E-state index contributed by atoms with van der Waals surface area (Å²) in [4.78, 5) is 35.0. The fraction of sp³-hybridized carbons (Fsp3) is 0.731. The molecule has 1 aliphatic heterocycles. The molecule has 0 radical (unpaired) electrons. The van der Waals surface area contributed by atoms with Crippen molar-refractivity contribution in [2.75, 3.05) is 59.5 Å². The third kappa shape index (κ3) is 15.1. The number of nitrogens with zero attached hydrogens (tertiary/aromatic N) is 3. The number of ether oxygens (including phenoxy) is 9. The van der Waals surface area contributed by atoms with Gasteiger partial charge >= 0.3 is 17.9 Å². The number of aliphatic hydroxyl groups is 1. The second kappa shape index (κ2) is 21.1. The van der Waals surface area contributed by atoms with Gasteiger partial charge in [0.2, 0.25) is 0 Å². The van der Waals surface area contributed by atoms with Crippen molar-refractivity contribution in [2.24, 2.45) is 0 Å². The van der Waals surface area contributed by atoms with Crippen LogP contribution in [0.5, 0.6) is 0 Å². The van der Waals surface area contributed by atoms with Crippen LogP contribution in [0, 0.1) is 0 Å². The molecule has 2 rings (SSSR count). The molecule has 1 aromatic rings. The van der Waals surface area contributed by atoms with Gasteiger partial charge in [-0.2, -0.15) is 0 Å². The van der Waals surface area contributed by atoms with E-state index in [0.29, 0.717) is 51.9 Å². The topological polar surface area (TPSA) is 185 Å². The average molecular weight is 636 g/mol. The van der Waals surface area contributed by atoms with Gasteiger partial charge < -0.3 is 47.7 Å². The highest BCUT2D eigenvalue weighted by Gasteiger charge is 2.51. The van der Waals surface area contributed by atoms with Crippen LogP contribution in [0.3, 0.4) is 0 Å². The monoisotopic (exact) mass is 635 g/mol. The number of rotatable bonds is 21. The van der Waals surface area contributed by atoms with Crippen LogP contribution in [0.2, 0.25) is 0 Å². The lowest BCUT2D eigenvalue weighted by Gasteiger charge is -2.42. The van der Waals surface area contributed by atoms with E-state index in [4.69, 9.17) is 47.7 Å². The van der Waals surface area contributed by atoms with Crippen LogP contribution in [0.25, 0.3) is 0 Å². The zero-order valence-corrected chi connectivity index (χ0v) is 25.4. The molecule has 0 aromatic carbocycles. The molecule has 43 heavy (non-hydrogen) atoms. The van der Waals surface area contributed by atoms with Crippen molar-refractivity contribution in [3.63, 3.8) is 0 Å². The molecule has 1 aromatic heterocycles. The number of carbonyl (C=O) groups excluding carboxylic acids is 3. The van der Waals surface area contributed by atoms with Gasteiger partial charge in [-0.05, 0) is 0 Å². The fourth-order valence-corrected chi connectivity index (χ4v) is 4.03. The summed E-state index contributed by atoms with van der Waals surface area (Å²) < 4.78 is 50.4. The maximum Gasteiger partial charge on any atom is 0.303 e. The largest absolute Gasteiger partial charge is 0.455 e. The highest BCUT2D eigenvalue weighted by Crippen LogP contribution is 2.31. The van der Waals surface area contributed by atoms with E-state index in [1.165, 1.54) is 20.8 Å². The van der Waals surface area contributed by atoms with E-state index in [-0.39, 0.29) is 26.4 Å². The van der Waals surface area contributed by atoms with E-state index >= 15 is 0 Å². The van der Waals surface area contributed by atoms with Gasteiger partial charge in [0, 0.05) is 20.8 Å². The van der Waals surface area contributed by atoms with Gasteiger partial charge in [0.15, 0.2) is 24.6 Å². The molecule has 17 heteroatoms. The molecular weight excluding hydrogens is 594 g/mol. The predicted molar refractivity (Wildman–Crippen MR) is 149 cm³/mol. The zero-order chi connectivity index (χ0) is 31.5. The minimum Gasteiger partial charge on any atom is -0.455 e. The summed E-state index contributed by atoms with van der Waals surface area (Å²) >= 11 is 4.29. The first kappa shape index (κ1) is 36.6. The Kier molecular flexibility index (Phi) is 18.0. The number of aliphatic hydroxyl groups excluding tert-OH is 1. The van der Waals surface area contributed by atoms with Crippen molar-refractivity contribution in [3.05, 3.63) is 24.0 Å².